The van der Waals surface area contributed by atoms with E-state index in [1.54, 1.807) is 0 Å². The summed E-state index contributed by atoms with van der Waals surface area (Å²) in [5, 5.41) is 0. The zero-order valence-electron chi connectivity index (χ0n) is 14.8. The second-order valence-electron chi connectivity index (χ2n) is 5.67. The first-order valence-corrected chi connectivity index (χ1v) is 11.9. The normalized spacial score (nSPS) is 16.8. The number of hydrogen-bond donors (Lipinski definition) is 0. The van der Waals surface area contributed by atoms with Gasteiger partial charge in [-0.25, -0.2) is 0 Å². The third-order valence-electron chi connectivity index (χ3n) is 2.53. The minimum atomic E-state index is -5.70. The fraction of sp³-hybridized carbons (Fsp3) is 1.00. The molecule has 0 amide bonds. The average Bonchev–Trinajstić information content (AvgIpc) is 2.33. The molecule has 0 aliphatic carbocycles. The first-order valence-electron chi connectivity index (χ1n) is 7.21. The van der Waals surface area contributed by atoms with Crippen LogP contribution in [0.3, 0.4) is 0 Å². The summed E-state index contributed by atoms with van der Waals surface area (Å²) in [6, 6.07) is 0. The summed E-state index contributed by atoms with van der Waals surface area (Å²) < 4.78 is 189. The van der Waals surface area contributed by atoms with Gasteiger partial charge in [0.1, 0.15) is 12.2 Å². The van der Waals surface area contributed by atoms with Gasteiger partial charge in [-0.15, -0.1) is 0 Å². The standard InChI is InChI=1S/C10H13F9O9S3/c1-6(27-30(22,23)4-9(14,15)16)7(28-31(24,25)5-10(17,18)19)2-26-29(20,21)3-8(11,12)13/h6-7H,2-5H2,1H3. The Hall–Kier alpha value is -0.900. The Balaban J connectivity index is 5.68. The zero-order chi connectivity index (χ0) is 25.1. The van der Waals surface area contributed by atoms with Crippen LogP contribution in [0.4, 0.5) is 39.5 Å². The molecule has 21 heteroatoms. The monoisotopic (exact) mass is 544 g/mol. The fourth-order valence-corrected chi connectivity index (χ4v) is 4.54. The van der Waals surface area contributed by atoms with Crippen LogP contribution < -0.4 is 0 Å². The Kier molecular flexibility index (Phi) is 9.64. The Morgan fingerprint density at radius 1 is 0.613 bits per heavy atom. The molecule has 0 rings (SSSR count). The van der Waals surface area contributed by atoms with Gasteiger partial charge in [0.2, 0.25) is 0 Å². The second kappa shape index (κ2) is 9.93. The van der Waals surface area contributed by atoms with E-state index in [0.717, 1.165) is 0 Å². The van der Waals surface area contributed by atoms with E-state index in [-0.39, 0.29) is 0 Å². The summed E-state index contributed by atoms with van der Waals surface area (Å²) in [4.78, 5) is 0. The lowest BCUT2D eigenvalue weighted by molar-refractivity contribution is -0.110. The van der Waals surface area contributed by atoms with E-state index in [1.807, 2.05) is 0 Å². The minimum absolute atomic E-state index is 0.432. The van der Waals surface area contributed by atoms with Crippen molar-refractivity contribution < 1.29 is 77.3 Å². The van der Waals surface area contributed by atoms with Gasteiger partial charge < -0.3 is 0 Å². The molecule has 9 nitrogen and oxygen atoms in total. The van der Waals surface area contributed by atoms with Crippen molar-refractivity contribution in [1.29, 1.82) is 0 Å². The summed E-state index contributed by atoms with van der Waals surface area (Å²) in [5.41, 5.74) is 0. The van der Waals surface area contributed by atoms with Gasteiger partial charge in [-0.05, 0) is 6.92 Å². The Morgan fingerprint density at radius 3 is 1.29 bits per heavy atom. The van der Waals surface area contributed by atoms with Crippen molar-refractivity contribution >= 4 is 30.4 Å². The predicted octanol–water partition coefficient (Wildman–Crippen LogP) is 1.47. The van der Waals surface area contributed by atoms with E-state index < -0.39 is 85.0 Å². The van der Waals surface area contributed by atoms with Crippen LogP contribution in [0.1, 0.15) is 6.92 Å². The molecule has 2 atom stereocenters. The Bertz CT molecular complexity index is 902. The highest BCUT2D eigenvalue weighted by Gasteiger charge is 2.42. The van der Waals surface area contributed by atoms with E-state index >= 15 is 0 Å². The van der Waals surface area contributed by atoms with Crippen LogP contribution in [-0.2, 0) is 42.9 Å². The summed E-state index contributed by atoms with van der Waals surface area (Å²) in [6.07, 6.45) is -21.3. The molecular weight excluding hydrogens is 531 g/mol. The van der Waals surface area contributed by atoms with Crippen LogP contribution in [0, 0.1) is 0 Å². The maximum atomic E-state index is 12.3. The molecule has 0 fully saturated rings. The van der Waals surface area contributed by atoms with Crippen molar-refractivity contribution in [3.05, 3.63) is 0 Å². The Morgan fingerprint density at radius 2 is 0.935 bits per heavy atom. The molecule has 0 spiro atoms. The molecule has 188 valence electrons. The van der Waals surface area contributed by atoms with Gasteiger partial charge in [0.15, 0.2) is 17.3 Å². The molecule has 31 heavy (non-hydrogen) atoms. The second-order valence-corrected chi connectivity index (χ2v) is 10.5. The van der Waals surface area contributed by atoms with Crippen molar-refractivity contribution in [3.8, 4) is 0 Å². The number of halogens is 9. The third-order valence-corrected chi connectivity index (χ3v) is 6.20. The molecular formula is C10H13F9O9S3. The van der Waals surface area contributed by atoms with Gasteiger partial charge in [0.05, 0.1) is 6.61 Å². The SMILES string of the molecule is CC(OS(=O)(=O)CC(F)(F)F)C(COS(=O)(=O)CC(F)(F)F)OS(=O)(=O)CC(F)(F)F. The van der Waals surface area contributed by atoms with Crippen LogP contribution in [0.5, 0.6) is 0 Å². The smallest absolute Gasteiger partial charge is 0.267 e. The molecule has 0 radical (unpaired) electrons. The largest absolute Gasteiger partial charge is 0.405 e. The molecule has 0 aromatic carbocycles. The number of alkyl halides is 9. The maximum Gasteiger partial charge on any atom is 0.405 e. The number of hydrogen-bond acceptors (Lipinski definition) is 9. The van der Waals surface area contributed by atoms with E-state index in [4.69, 9.17) is 0 Å². The van der Waals surface area contributed by atoms with Gasteiger partial charge in [0.25, 0.3) is 30.4 Å². The summed E-state index contributed by atoms with van der Waals surface area (Å²) in [7, 11) is -16.8. The third kappa shape index (κ3) is 15.5. The predicted molar refractivity (Wildman–Crippen MR) is 80.9 cm³/mol. The van der Waals surface area contributed by atoms with E-state index in [0.29, 0.717) is 6.92 Å². The van der Waals surface area contributed by atoms with Crippen LogP contribution >= 0.6 is 0 Å². The van der Waals surface area contributed by atoms with Crippen LogP contribution in [0.15, 0.2) is 0 Å². The van der Waals surface area contributed by atoms with Gasteiger partial charge in [0, 0.05) is 0 Å². The summed E-state index contributed by atoms with van der Waals surface area (Å²) in [6.45, 7) is -1.42. The van der Waals surface area contributed by atoms with E-state index in [9.17, 15) is 64.8 Å². The Labute approximate surface area is 169 Å². The fourth-order valence-electron chi connectivity index (χ4n) is 1.60. The molecule has 0 heterocycles. The van der Waals surface area contributed by atoms with Gasteiger partial charge in [-0.1, -0.05) is 0 Å². The molecule has 0 aliphatic rings. The molecule has 2 unspecified atom stereocenters. The van der Waals surface area contributed by atoms with Gasteiger partial charge >= 0.3 is 18.5 Å². The van der Waals surface area contributed by atoms with Gasteiger partial charge in [-0.2, -0.15) is 64.8 Å². The lowest BCUT2D eigenvalue weighted by Gasteiger charge is -2.24. The molecule has 0 aromatic rings. The van der Waals surface area contributed by atoms with Crippen molar-refractivity contribution in [3.63, 3.8) is 0 Å². The molecule has 0 bridgehead atoms. The highest BCUT2D eigenvalue weighted by atomic mass is 32.2. The molecule has 0 aromatic heterocycles. The van der Waals surface area contributed by atoms with Crippen molar-refractivity contribution in [2.75, 3.05) is 23.9 Å². The first-order chi connectivity index (χ1) is 13.3. The van der Waals surface area contributed by atoms with Gasteiger partial charge in [-0.3, -0.25) is 12.5 Å². The highest BCUT2D eigenvalue weighted by molar-refractivity contribution is 7.87. The van der Waals surface area contributed by atoms with Crippen molar-refractivity contribution in [2.24, 2.45) is 0 Å². The van der Waals surface area contributed by atoms with Crippen molar-refractivity contribution in [2.45, 2.75) is 37.7 Å². The van der Waals surface area contributed by atoms with E-state index in [1.165, 1.54) is 0 Å². The summed E-state index contributed by atoms with van der Waals surface area (Å²) >= 11 is 0. The maximum absolute atomic E-state index is 12.3. The van der Waals surface area contributed by atoms with Crippen molar-refractivity contribution in [1.82, 2.24) is 0 Å². The minimum Gasteiger partial charge on any atom is -0.267 e. The van der Waals surface area contributed by atoms with Crippen LogP contribution in [-0.4, -0.2) is 79.9 Å². The quantitative estimate of drug-likeness (QED) is 0.280. The van der Waals surface area contributed by atoms with Crippen LogP contribution in [0.25, 0.3) is 0 Å². The lowest BCUT2D eigenvalue weighted by Crippen LogP contribution is -2.41. The molecule has 0 saturated carbocycles. The molecule has 0 aliphatic heterocycles. The zero-order valence-corrected chi connectivity index (χ0v) is 17.2. The summed E-state index contributed by atoms with van der Waals surface area (Å²) in [5.74, 6) is -7.99. The number of rotatable bonds is 11. The topological polar surface area (TPSA) is 130 Å². The molecule has 0 N–H and O–H groups in total. The first kappa shape index (κ1) is 30.1. The highest BCUT2D eigenvalue weighted by Crippen LogP contribution is 2.24. The lowest BCUT2D eigenvalue weighted by atomic mass is 10.2. The average molecular weight is 544 g/mol. The van der Waals surface area contributed by atoms with E-state index in [2.05, 4.69) is 12.5 Å². The van der Waals surface area contributed by atoms with Crippen LogP contribution in [0.2, 0.25) is 0 Å². The molecule has 0 saturated heterocycles.